The molecule has 0 fully saturated rings. The minimum Gasteiger partial charge on any atom is -0.468 e. The summed E-state index contributed by atoms with van der Waals surface area (Å²) in [5, 5.41) is 3.19. The minimum atomic E-state index is -0.453. The predicted molar refractivity (Wildman–Crippen MR) is 73.5 cm³/mol. The van der Waals surface area contributed by atoms with Crippen LogP contribution in [0.3, 0.4) is 0 Å². The van der Waals surface area contributed by atoms with Crippen molar-refractivity contribution in [2.45, 2.75) is 33.4 Å². The molecule has 0 aliphatic carbocycles. The van der Waals surface area contributed by atoms with E-state index < -0.39 is 11.9 Å². The molecule has 3 nitrogen and oxygen atoms in total. The van der Waals surface area contributed by atoms with Gasteiger partial charge in [-0.1, -0.05) is 38.4 Å². The molecule has 1 atom stereocenters. The van der Waals surface area contributed by atoms with Crippen molar-refractivity contribution in [2.24, 2.45) is 5.41 Å². The molecule has 0 amide bonds. The molecule has 0 saturated carbocycles. The summed E-state index contributed by atoms with van der Waals surface area (Å²) in [6.07, 6.45) is 0. The van der Waals surface area contributed by atoms with E-state index in [4.69, 9.17) is 16.3 Å². The highest BCUT2D eigenvalue weighted by molar-refractivity contribution is 6.30. The first kappa shape index (κ1) is 15.9. The van der Waals surface area contributed by atoms with Gasteiger partial charge in [0, 0.05) is 6.54 Å². The summed E-state index contributed by atoms with van der Waals surface area (Å²) in [5.41, 5.74) is 0.529. The first-order valence-corrected chi connectivity index (χ1v) is 6.38. The van der Waals surface area contributed by atoms with E-state index in [0.29, 0.717) is 6.54 Å². The van der Waals surface area contributed by atoms with Gasteiger partial charge in [-0.2, -0.15) is 0 Å². The van der Waals surface area contributed by atoms with E-state index in [-0.39, 0.29) is 16.4 Å². The van der Waals surface area contributed by atoms with Crippen molar-refractivity contribution in [3.8, 4) is 0 Å². The number of hydrogen-bond donors (Lipinski definition) is 1. The van der Waals surface area contributed by atoms with Crippen LogP contribution in [0.2, 0.25) is 5.02 Å². The molecule has 1 N–H and O–H groups in total. The van der Waals surface area contributed by atoms with Crippen LogP contribution in [0.5, 0.6) is 0 Å². The Morgan fingerprint density at radius 3 is 2.58 bits per heavy atom. The third-order valence-corrected chi connectivity index (χ3v) is 3.09. The normalized spacial score (nSPS) is 13.2. The molecule has 0 aliphatic rings. The topological polar surface area (TPSA) is 38.3 Å². The van der Waals surface area contributed by atoms with E-state index in [1.807, 2.05) is 20.8 Å². The fraction of sp³-hybridized carbons (Fsp3) is 0.500. The van der Waals surface area contributed by atoms with Gasteiger partial charge in [0.2, 0.25) is 0 Å². The summed E-state index contributed by atoms with van der Waals surface area (Å²) in [5.74, 6) is -0.772. The van der Waals surface area contributed by atoms with Gasteiger partial charge in [0.05, 0.1) is 12.1 Å². The fourth-order valence-corrected chi connectivity index (χ4v) is 1.93. The minimum absolute atomic E-state index is 0.0738. The third kappa shape index (κ3) is 4.48. The molecule has 0 radical (unpaired) electrons. The first-order valence-electron chi connectivity index (χ1n) is 6.01. The maximum atomic E-state index is 13.0. The van der Waals surface area contributed by atoms with Crippen LogP contribution >= 0.6 is 11.6 Å². The third-order valence-electron chi connectivity index (χ3n) is 2.80. The second-order valence-corrected chi connectivity index (χ2v) is 5.86. The van der Waals surface area contributed by atoms with Gasteiger partial charge in [-0.05, 0) is 23.1 Å². The number of ether oxygens (including phenoxy) is 1. The van der Waals surface area contributed by atoms with Crippen LogP contribution in [0.1, 0.15) is 26.3 Å². The molecule has 0 saturated heterocycles. The quantitative estimate of drug-likeness (QED) is 0.865. The Morgan fingerprint density at radius 2 is 2.11 bits per heavy atom. The SMILES string of the molecule is COC(=O)[C@@H](NCc1ccc(F)c(Cl)c1)C(C)(C)C. The van der Waals surface area contributed by atoms with E-state index in [1.165, 1.54) is 13.2 Å². The van der Waals surface area contributed by atoms with Gasteiger partial charge in [0.25, 0.3) is 0 Å². The highest BCUT2D eigenvalue weighted by atomic mass is 35.5. The van der Waals surface area contributed by atoms with E-state index in [9.17, 15) is 9.18 Å². The zero-order valence-corrected chi connectivity index (χ0v) is 12.3. The van der Waals surface area contributed by atoms with E-state index in [2.05, 4.69) is 5.32 Å². The maximum Gasteiger partial charge on any atom is 0.323 e. The van der Waals surface area contributed by atoms with Gasteiger partial charge >= 0.3 is 5.97 Å². The number of benzene rings is 1. The van der Waals surface area contributed by atoms with Crippen molar-refractivity contribution < 1.29 is 13.9 Å². The average molecular weight is 288 g/mol. The zero-order valence-electron chi connectivity index (χ0n) is 11.6. The predicted octanol–water partition coefficient (Wildman–Crippen LogP) is 3.16. The number of hydrogen-bond acceptors (Lipinski definition) is 3. The van der Waals surface area contributed by atoms with Gasteiger partial charge in [-0.3, -0.25) is 10.1 Å². The van der Waals surface area contributed by atoms with Crippen molar-refractivity contribution in [3.05, 3.63) is 34.6 Å². The Morgan fingerprint density at radius 1 is 1.47 bits per heavy atom. The molecule has 19 heavy (non-hydrogen) atoms. The number of nitrogens with one attached hydrogen (secondary N) is 1. The van der Waals surface area contributed by atoms with Crippen LogP contribution in [0, 0.1) is 11.2 Å². The fourth-order valence-electron chi connectivity index (χ4n) is 1.73. The second kappa shape index (κ2) is 6.35. The molecular weight excluding hydrogens is 269 g/mol. The van der Waals surface area contributed by atoms with Crippen molar-refractivity contribution in [3.63, 3.8) is 0 Å². The Balaban J connectivity index is 2.76. The van der Waals surface area contributed by atoms with Gasteiger partial charge in [0.1, 0.15) is 11.9 Å². The molecule has 0 aromatic heterocycles. The summed E-state index contributed by atoms with van der Waals surface area (Å²) in [4.78, 5) is 11.7. The number of rotatable bonds is 4. The first-order chi connectivity index (χ1) is 8.75. The molecule has 0 spiro atoms. The lowest BCUT2D eigenvalue weighted by molar-refractivity contribution is -0.146. The van der Waals surface area contributed by atoms with E-state index in [1.54, 1.807) is 12.1 Å². The van der Waals surface area contributed by atoms with Crippen molar-refractivity contribution >= 4 is 17.6 Å². The zero-order chi connectivity index (χ0) is 14.6. The monoisotopic (exact) mass is 287 g/mol. The summed E-state index contributed by atoms with van der Waals surface area (Å²) in [6, 6.07) is 4.04. The van der Waals surface area contributed by atoms with Gasteiger partial charge in [-0.15, -0.1) is 0 Å². The summed E-state index contributed by atoms with van der Waals surface area (Å²) in [7, 11) is 1.36. The molecule has 1 aromatic carbocycles. The highest BCUT2D eigenvalue weighted by Crippen LogP contribution is 2.21. The lowest BCUT2D eigenvalue weighted by Crippen LogP contribution is -2.46. The van der Waals surface area contributed by atoms with Gasteiger partial charge in [0.15, 0.2) is 0 Å². The lowest BCUT2D eigenvalue weighted by Gasteiger charge is -2.29. The summed E-state index contributed by atoms with van der Waals surface area (Å²) < 4.78 is 17.8. The second-order valence-electron chi connectivity index (χ2n) is 5.45. The maximum absolute atomic E-state index is 13.0. The van der Waals surface area contributed by atoms with E-state index >= 15 is 0 Å². The number of carbonyl (C=O) groups is 1. The molecule has 1 rings (SSSR count). The molecule has 0 heterocycles. The lowest BCUT2D eigenvalue weighted by atomic mass is 9.86. The highest BCUT2D eigenvalue weighted by Gasteiger charge is 2.31. The molecule has 0 bridgehead atoms. The molecule has 0 aliphatic heterocycles. The number of methoxy groups -OCH3 is 1. The number of esters is 1. The Labute approximate surface area is 118 Å². The molecule has 0 unspecified atom stereocenters. The van der Waals surface area contributed by atoms with Crippen LogP contribution in [0.25, 0.3) is 0 Å². The average Bonchev–Trinajstić information content (AvgIpc) is 2.31. The van der Waals surface area contributed by atoms with Crippen LogP contribution < -0.4 is 5.32 Å². The number of carbonyl (C=O) groups excluding carboxylic acids is 1. The standard InChI is InChI=1S/C14H19ClFNO2/c1-14(2,3)12(13(18)19-4)17-8-9-5-6-11(16)10(15)7-9/h5-7,12,17H,8H2,1-4H3/t12-/m1/s1. The van der Waals surface area contributed by atoms with Crippen molar-refractivity contribution in [2.75, 3.05) is 7.11 Å². The van der Waals surface area contributed by atoms with Crippen LogP contribution in [0.15, 0.2) is 18.2 Å². The largest absolute Gasteiger partial charge is 0.468 e. The van der Waals surface area contributed by atoms with Gasteiger partial charge in [-0.25, -0.2) is 4.39 Å². The van der Waals surface area contributed by atoms with Crippen LogP contribution in [-0.4, -0.2) is 19.1 Å². The van der Waals surface area contributed by atoms with E-state index in [0.717, 1.165) is 5.56 Å². The Bertz CT molecular complexity index is 457. The smallest absolute Gasteiger partial charge is 0.323 e. The van der Waals surface area contributed by atoms with Crippen molar-refractivity contribution in [1.29, 1.82) is 0 Å². The molecule has 5 heteroatoms. The number of halogens is 2. The van der Waals surface area contributed by atoms with Gasteiger partial charge < -0.3 is 4.74 Å². The Kier molecular flexibility index (Phi) is 5.32. The van der Waals surface area contributed by atoms with Crippen molar-refractivity contribution in [1.82, 2.24) is 5.32 Å². The summed E-state index contributed by atoms with van der Waals surface area (Å²) >= 11 is 5.71. The Hall–Kier alpha value is -1.13. The molecule has 1 aromatic rings. The van der Waals surface area contributed by atoms with Crippen LogP contribution in [0.4, 0.5) is 4.39 Å². The van der Waals surface area contributed by atoms with Crippen LogP contribution in [-0.2, 0) is 16.1 Å². The molecular formula is C14H19ClFNO2. The summed E-state index contributed by atoms with van der Waals surface area (Å²) in [6.45, 7) is 6.24. The molecule has 106 valence electrons.